The molecule has 11 heavy (non-hydrogen) atoms. The molecule has 0 aliphatic carbocycles. The number of nitrogens with zero attached hydrogens (tertiary/aromatic N) is 1. The van der Waals surface area contributed by atoms with Gasteiger partial charge in [-0.15, -0.1) is 0 Å². The summed E-state index contributed by atoms with van der Waals surface area (Å²) in [6.07, 6.45) is 0. The second-order valence-corrected chi connectivity index (χ2v) is 2.38. The van der Waals surface area contributed by atoms with Crippen LogP contribution in [0, 0.1) is 11.3 Å². The lowest BCUT2D eigenvalue weighted by atomic mass is 9.63. The normalized spacial score (nSPS) is 8.82. The van der Waals surface area contributed by atoms with Gasteiger partial charge in [0.15, 0.2) is 0 Å². The predicted octanol–water partition coefficient (Wildman–Crippen LogP) is 0.379. The summed E-state index contributed by atoms with van der Waals surface area (Å²) in [6, 6.07) is 9.06. The topological polar surface area (TPSA) is 44.0 Å². The molecule has 0 saturated carbocycles. The van der Waals surface area contributed by atoms with Gasteiger partial charge in [0.25, 0.3) is 0 Å². The molecule has 0 unspecified atom stereocenters. The lowest BCUT2D eigenvalue weighted by Crippen LogP contribution is -2.28. The number of hydrogen-bond acceptors (Lipinski definition) is 2. The predicted molar refractivity (Wildman–Crippen MR) is 44.6 cm³/mol. The molecule has 0 aliphatic heterocycles. The summed E-state index contributed by atoms with van der Waals surface area (Å²) < 4.78 is 0. The van der Waals surface area contributed by atoms with E-state index in [-0.39, 0.29) is 0 Å². The van der Waals surface area contributed by atoms with Gasteiger partial charge >= 0.3 is 6.92 Å². The molecule has 3 heteroatoms. The van der Waals surface area contributed by atoms with Crippen molar-refractivity contribution in [1.29, 1.82) is 5.26 Å². The zero-order valence-electron chi connectivity index (χ0n) is 6.28. The van der Waals surface area contributed by atoms with Crippen LogP contribution in [0.3, 0.4) is 0 Å². The third-order valence-electron chi connectivity index (χ3n) is 1.53. The first-order chi connectivity index (χ1) is 5.25. The molecule has 1 N–H and O–H groups in total. The molecule has 0 fully saturated rings. The van der Waals surface area contributed by atoms with E-state index in [0.29, 0.717) is 11.0 Å². The average Bonchev–Trinajstić information content (AvgIpc) is 2.04. The first-order valence-electron chi connectivity index (χ1n) is 3.43. The Hall–Kier alpha value is -1.27. The molecule has 0 bridgehead atoms. The smallest absolute Gasteiger partial charge is 0.321 e. The van der Waals surface area contributed by atoms with Gasteiger partial charge in [-0.1, -0.05) is 25.0 Å². The zero-order valence-corrected chi connectivity index (χ0v) is 6.28. The highest BCUT2D eigenvalue weighted by molar-refractivity contribution is 6.65. The largest absolute Gasteiger partial charge is 0.446 e. The summed E-state index contributed by atoms with van der Waals surface area (Å²) in [5.41, 5.74) is 1.23. The van der Waals surface area contributed by atoms with Gasteiger partial charge in [-0.3, -0.25) is 0 Å². The van der Waals surface area contributed by atoms with Gasteiger partial charge < -0.3 is 5.02 Å². The molecule has 0 heterocycles. The van der Waals surface area contributed by atoms with E-state index < -0.39 is 6.92 Å². The lowest BCUT2D eigenvalue weighted by molar-refractivity contribution is 0.594. The fourth-order valence-corrected chi connectivity index (χ4v) is 0.963. The Kier molecular flexibility index (Phi) is 2.30. The van der Waals surface area contributed by atoms with Crippen LogP contribution in [0.5, 0.6) is 0 Å². The van der Waals surface area contributed by atoms with E-state index in [0.717, 1.165) is 0 Å². The van der Waals surface area contributed by atoms with Crippen molar-refractivity contribution in [3.05, 3.63) is 29.8 Å². The van der Waals surface area contributed by atoms with Crippen molar-refractivity contribution in [2.24, 2.45) is 0 Å². The van der Waals surface area contributed by atoms with E-state index >= 15 is 0 Å². The van der Waals surface area contributed by atoms with E-state index in [2.05, 4.69) is 0 Å². The number of nitriles is 1. The highest BCUT2D eigenvalue weighted by Crippen LogP contribution is 1.94. The molecule has 2 nitrogen and oxygen atoms in total. The highest BCUT2D eigenvalue weighted by Gasteiger charge is 2.09. The Labute approximate surface area is 66.2 Å². The first-order valence-corrected chi connectivity index (χ1v) is 3.43. The Morgan fingerprint density at radius 3 is 2.55 bits per heavy atom. The Morgan fingerprint density at radius 1 is 1.45 bits per heavy atom. The minimum Gasteiger partial charge on any atom is -0.446 e. The number of benzene rings is 1. The van der Waals surface area contributed by atoms with Crippen LogP contribution in [-0.2, 0) is 0 Å². The molecule has 0 saturated heterocycles. The lowest BCUT2D eigenvalue weighted by Gasteiger charge is -2.01. The van der Waals surface area contributed by atoms with Crippen LogP contribution in [0.2, 0.25) is 6.82 Å². The molecule has 0 aromatic heterocycles. The molecule has 1 aromatic rings. The van der Waals surface area contributed by atoms with E-state index in [1.165, 1.54) is 0 Å². The molecule has 0 radical (unpaired) electrons. The van der Waals surface area contributed by atoms with Crippen LogP contribution in [0.1, 0.15) is 5.56 Å². The van der Waals surface area contributed by atoms with Gasteiger partial charge in [-0.05, 0) is 11.5 Å². The van der Waals surface area contributed by atoms with E-state index in [9.17, 15) is 5.02 Å². The van der Waals surface area contributed by atoms with Gasteiger partial charge in [0.2, 0.25) is 0 Å². The minimum atomic E-state index is -0.564. The van der Waals surface area contributed by atoms with E-state index in [4.69, 9.17) is 5.26 Å². The third kappa shape index (κ3) is 1.60. The highest BCUT2D eigenvalue weighted by atomic mass is 16.2. The second kappa shape index (κ2) is 3.22. The van der Waals surface area contributed by atoms with Gasteiger partial charge in [0, 0.05) is 5.56 Å². The van der Waals surface area contributed by atoms with E-state index in [1.54, 1.807) is 25.0 Å². The third-order valence-corrected chi connectivity index (χ3v) is 1.53. The van der Waals surface area contributed by atoms with Gasteiger partial charge in [-0.25, -0.2) is 0 Å². The van der Waals surface area contributed by atoms with Crippen LogP contribution < -0.4 is 5.46 Å². The van der Waals surface area contributed by atoms with Gasteiger partial charge in [-0.2, -0.15) is 5.26 Å². The summed E-state index contributed by atoms with van der Waals surface area (Å²) in [5, 5.41) is 17.8. The van der Waals surface area contributed by atoms with Crippen molar-refractivity contribution in [3.63, 3.8) is 0 Å². The quantitative estimate of drug-likeness (QED) is 0.580. The van der Waals surface area contributed by atoms with Crippen molar-refractivity contribution in [2.45, 2.75) is 6.82 Å². The average molecular weight is 145 g/mol. The molecule has 1 aromatic carbocycles. The summed E-state index contributed by atoms with van der Waals surface area (Å²) in [6.45, 7) is 1.08. The van der Waals surface area contributed by atoms with Crippen molar-refractivity contribution < 1.29 is 5.02 Å². The second-order valence-electron chi connectivity index (χ2n) is 2.38. The van der Waals surface area contributed by atoms with Crippen molar-refractivity contribution in [3.8, 4) is 6.07 Å². The maximum Gasteiger partial charge on any atom is 0.321 e. The van der Waals surface area contributed by atoms with E-state index in [1.807, 2.05) is 12.1 Å². The van der Waals surface area contributed by atoms with Crippen LogP contribution in [0.25, 0.3) is 0 Å². The molecule has 1 rings (SSSR count). The molecular weight excluding hydrogens is 137 g/mol. The summed E-state index contributed by atoms with van der Waals surface area (Å²) in [5.74, 6) is 0. The molecule has 0 aliphatic rings. The Morgan fingerprint density at radius 2 is 2.09 bits per heavy atom. The SMILES string of the molecule is CB(O)c1ccccc1C#N. The maximum absolute atomic E-state index is 9.18. The molecule has 0 spiro atoms. The summed E-state index contributed by atoms with van der Waals surface area (Å²) in [7, 11) is 0. The molecular formula is C8H8BNO. The first kappa shape index (κ1) is 7.84. The van der Waals surface area contributed by atoms with Crippen molar-refractivity contribution in [1.82, 2.24) is 0 Å². The summed E-state index contributed by atoms with van der Waals surface area (Å²) >= 11 is 0. The monoisotopic (exact) mass is 145 g/mol. The summed E-state index contributed by atoms with van der Waals surface area (Å²) in [4.78, 5) is 0. The van der Waals surface area contributed by atoms with Gasteiger partial charge in [0.1, 0.15) is 0 Å². The maximum atomic E-state index is 9.18. The molecule has 0 atom stereocenters. The molecule has 0 amide bonds. The zero-order chi connectivity index (χ0) is 8.27. The molecule has 54 valence electrons. The van der Waals surface area contributed by atoms with Crippen LogP contribution in [0.15, 0.2) is 24.3 Å². The Balaban J connectivity index is 3.15. The Bertz CT molecular complexity index is 290. The van der Waals surface area contributed by atoms with Crippen LogP contribution in [0.4, 0.5) is 0 Å². The fraction of sp³-hybridized carbons (Fsp3) is 0.125. The minimum absolute atomic E-state index is 0.544. The fourth-order valence-electron chi connectivity index (χ4n) is 0.963. The van der Waals surface area contributed by atoms with Crippen molar-refractivity contribution in [2.75, 3.05) is 0 Å². The van der Waals surface area contributed by atoms with Crippen LogP contribution >= 0.6 is 0 Å². The number of hydrogen-bond donors (Lipinski definition) is 1. The number of rotatable bonds is 1. The standard InChI is InChI=1S/C8H8BNO/c1-9(11)8-5-3-2-4-7(8)6-10/h2-5,11H,1H3. The van der Waals surface area contributed by atoms with Gasteiger partial charge in [0.05, 0.1) is 6.07 Å². The van der Waals surface area contributed by atoms with Crippen LogP contribution in [-0.4, -0.2) is 11.9 Å². The van der Waals surface area contributed by atoms with Crippen molar-refractivity contribution >= 4 is 12.4 Å².